The Hall–Kier alpha value is -2.17. The van der Waals surface area contributed by atoms with Crippen LogP contribution in [-0.2, 0) is 5.54 Å². The first-order valence-corrected chi connectivity index (χ1v) is 5.68. The molecule has 0 radical (unpaired) electrons. The number of H-pyrrole nitrogens is 1. The van der Waals surface area contributed by atoms with Gasteiger partial charge in [-0.3, -0.25) is 0 Å². The first-order chi connectivity index (χ1) is 8.38. The fraction of sp³-hybridized carbons (Fsp3) is 0.250. The highest BCUT2D eigenvalue weighted by molar-refractivity contribution is 5.70. The third-order valence-electron chi connectivity index (χ3n) is 3.42. The van der Waals surface area contributed by atoms with E-state index in [-0.39, 0.29) is 5.54 Å². The molecule has 3 aromatic heterocycles. The van der Waals surface area contributed by atoms with Gasteiger partial charge in [0, 0.05) is 18.6 Å². The molecule has 3 aromatic rings. The van der Waals surface area contributed by atoms with Gasteiger partial charge < -0.3 is 9.55 Å². The van der Waals surface area contributed by atoms with Gasteiger partial charge in [-0.2, -0.15) is 0 Å². The predicted octanol–water partition coefficient (Wildman–Crippen LogP) is 1.69. The van der Waals surface area contributed by atoms with Crippen molar-refractivity contribution in [2.24, 2.45) is 0 Å². The fourth-order valence-corrected chi connectivity index (χ4v) is 2.31. The third kappa shape index (κ3) is 1.16. The van der Waals surface area contributed by atoms with Crippen molar-refractivity contribution in [1.29, 1.82) is 0 Å². The highest BCUT2D eigenvalue weighted by Crippen LogP contribution is 2.48. The van der Waals surface area contributed by atoms with Crippen LogP contribution in [0.25, 0.3) is 11.2 Å². The third-order valence-corrected chi connectivity index (χ3v) is 3.42. The summed E-state index contributed by atoms with van der Waals surface area (Å²) < 4.78 is 2.13. The Kier molecular flexibility index (Phi) is 1.54. The molecule has 17 heavy (non-hydrogen) atoms. The summed E-state index contributed by atoms with van der Waals surface area (Å²) in [6, 6.07) is 3.92. The van der Waals surface area contributed by atoms with Crippen molar-refractivity contribution in [2.75, 3.05) is 0 Å². The number of fused-ring (bicyclic) bond motifs is 1. The highest BCUT2D eigenvalue weighted by Gasteiger charge is 2.48. The van der Waals surface area contributed by atoms with Gasteiger partial charge in [0.25, 0.3) is 0 Å². The normalized spacial score (nSPS) is 17.4. The van der Waals surface area contributed by atoms with Gasteiger partial charge in [-0.15, -0.1) is 0 Å². The first-order valence-electron chi connectivity index (χ1n) is 5.68. The molecular weight excluding hydrogens is 214 g/mol. The maximum absolute atomic E-state index is 4.59. The Morgan fingerprint density at radius 1 is 1.29 bits per heavy atom. The lowest BCUT2D eigenvalue weighted by Crippen LogP contribution is -2.18. The van der Waals surface area contributed by atoms with E-state index in [4.69, 9.17) is 0 Å². The second-order valence-electron chi connectivity index (χ2n) is 4.46. The van der Waals surface area contributed by atoms with Gasteiger partial charge in [0.05, 0.1) is 11.8 Å². The zero-order chi connectivity index (χ0) is 11.3. The summed E-state index contributed by atoms with van der Waals surface area (Å²) in [6.45, 7) is 0. The van der Waals surface area contributed by atoms with E-state index < -0.39 is 0 Å². The Balaban J connectivity index is 1.89. The number of hydrogen-bond acceptors (Lipinski definition) is 3. The average Bonchev–Trinajstić information content (AvgIpc) is 2.83. The molecule has 0 aliphatic heterocycles. The Morgan fingerprint density at radius 2 is 2.24 bits per heavy atom. The van der Waals surface area contributed by atoms with Crippen molar-refractivity contribution < 1.29 is 0 Å². The van der Waals surface area contributed by atoms with Crippen molar-refractivity contribution in [1.82, 2.24) is 24.5 Å². The molecule has 4 rings (SSSR count). The van der Waals surface area contributed by atoms with Crippen molar-refractivity contribution in [3.8, 4) is 0 Å². The topological polar surface area (TPSA) is 59.4 Å². The molecule has 0 spiro atoms. The van der Waals surface area contributed by atoms with E-state index in [1.165, 1.54) is 0 Å². The maximum atomic E-state index is 4.59. The highest BCUT2D eigenvalue weighted by atomic mass is 15.2. The summed E-state index contributed by atoms with van der Waals surface area (Å²) in [5.41, 5.74) is 1.76. The van der Waals surface area contributed by atoms with E-state index in [1.54, 1.807) is 12.4 Å². The van der Waals surface area contributed by atoms with Gasteiger partial charge >= 0.3 is 0 Å². The SMILES string of the molecule is c1cnc2nc(C3(n4ccnc4)CC3)[nH]c2c1. The molecule has 0 aromatic carbocycles. The molecule has 1 aliphatic carbocycles. The minimum atomic E-state index is -0.0167. The number of hydrogen-bond donors (Lipinski definition) is 1. The number of aromatic amines is 1. The van der Waals surface area contributed by atoms with Crippen LogP contribution in [-0.4, -0.2) is 24.5 Å². The molecule has 1 aliphatic rings. The minimum Gasteiger partial charge on any atom is -0.339 e. The van der Waals surface area contributed by atoms with Crippen LogP contribution in [0.1, 0.15) is 18.7 Å². The maximum Gasteiger partial charge on any atom is 0.177 e. The van der Waals surface area contributed by atoms with E-state index >= 15 is 0 Å². The Bertz CT molecular complexity index is 630. The van der Waals surface area contributed by atoms with Gasteiger partial charge in [0.2, 0.25) is 0 Å². The van der Waals surface area contributed by atoms with Gasteiger partial charge in [-0.1, -0.05) is 0 Å². The Morgan fingerprint density at radius 3 is 2.94 bits per heavy atom. The lowest BCUT2D eigenvalue weighted by Gasteiger charge is -2.13. The van der Waals surface area contributed by atoms with Crippen molar-refractivity contribution in [2.45, 2.75) is 18.4 Å². The summed E-state index contributed by atoms with van der Waals surface area (Å²) in [4.78, 5) is 16.3. The number of aromatic nitrogens is 5. The molecular formula is C12H11N5. The van der Waals surface area contributed by atoms with E-state index in [0.29, 0.717) is 0 Å². The zero-order valence-corrected chi connectivity index (χ0v) is 9.17. The van der Waals surface area contributed by atoms with Gasteiger partial charge in [-0.25, -0.2) is 15.0 Å². The molecule has 1 fully saturated rings. The molecule has 0 atom stereocenters. The molecule has 5 nitrogen and oxygen atoms in total. The molecule has 0 bridgehead atoms. The van der Waals surface area contributed by atoms with Crippen LogP contribution in [0.2, 0.25) is 0 Å². The second-order valence-corrected chi connectivity index (χ2v) is 4.46. The molecule has 0 saturated heterocycles. The standard InChI is InChI=1S/C12H11N5/c1-2-9-10(14-5-1)16-11(15-9)12(3-4-12)17-7-6-13-8-17/h1-2,5-8H,3-4H2,(H,14,15,16). The van der Waals surface area contributed by atoms with Crippen molar-refractivity contribution >= 4 is 11.2 Å². The lowest BCUT2D eigenvalue weighted by molar-refractivity contribution is 0.544. The van der Waals surface area contributed by atoms with Crippen LogP contribution in [0.3, 0.4) is 0 Å². The minimum absolute atomic E-state index is 0.0167. The quantitative estimate of drug-likeness (QED) is 0.722. The van der Waals surface area contributed by atoms with Crippen LogP contribution in [0.5, 0.6) is 0 Å². The van der Waals surface area contributed by atoms with Gasteiger partial charge in [0.15, 0.2) is 5.65 Å². The number of pyridine rings is 1. The molecule has 0 amide bonds. The number of nitrogens with one attached hydrogen (secondary N) is 1. The summed E-state index contributed by atoms with van der Waals surface area (Å²) in [5.74, 6) is 0.990. The second kappa shape index (κ2) is 2.94. The number of nitrogens with zero attached hydrogens (tertiary/aromatic N) is 4. The molecule has 1 saturated carbocycles. The van der Waals surface area contributed by atoms with E-state index in [1.807, 2.05) is 24.7 Å². The summed E-state index contributed by atoms with van der Waals surface area (Å²) in [7, 11) is 0. The summed E-state index contributed by atoms with van der Waals surface area (Å²) in [6.07, 6.45) is 9.62. The fourth-order valence-electron chi connectivity index (χ4n) is 2.31. The van der Waals surface area contributed by atoms with Crippen molar-refractivity contribution in [3.05, 3.63) is 42.9 Å². The molecule has 0 unspecified atom stereocenters. The first kappa shape index (κ1) is 8.92. The van der Waals surface area contributed by atoms with Crippen LogP contribution >= 0.6 is 0 Å². The van der Waals surface area contributed by atoms with Crippen LogP contribution < -0.4 is 0 Å². The monoisotopic (exact) mass is 225 g/mol. The average molecular weight is 225 g/mol. The zero-order valence-electron chi connectivity index (χ0n) is 9.17. The molecule has 1 N–H and O–H groups in total. The van der Waals surface area contributed by atoms with Gasteiger partial charge in [0.1, 0.15) is 11.4 Å². The van der Waals surface area contributed by atoms with Gasteiger partial charge in [-0.05, 0) is 25.0 Å². The summed E-state index contributed by atoms with van der Waals surface area (Å²) in [5, 5.41) is 0. The van der Waals surface area contributed by atoms with Crippen molar-refractivity contribution in [3.63, 3.8) is 0 Å². The number of rotatable bonds is 2. The summed E-state index contributed by atoms with van der Waals surface area (Å²) >= 11 is 0. The smallest absolute Gasteiger partial charge is 0.177 e. The Labute approximate surface area is 97.5 Å². The lowest BCUT2D eigenvalue weighted by atomic mass is 10.2. The molecule has 84 valence electrons. The van der Waals surface area contributed by atoms with E-state index in [9.17, 15) is 0 Å². The van der Waals surface area contributed by atoms with Crippen LogP contribution in [0.15, 0.2) is 37.1 Å². The van der Waals surface area contributed by atoms with E-state index in [2.05, 4.69) is 24.5 Å². The number of imidazole rings is 2. The molecule has 3 heterocycles. The molecule has 5 heteroatoms. The largest absolute Gasteiger partial charge is 0.339 e. The van der Waals surface area contributed by atoms with Crippen LogP contribution in [0, 0.1) is 0 Å². The van der Waals surface area contributed by atoms with Crippen LogP contribution in [0.4, 0.5) is 0 Å². The predicted molar refractivity (Wildman–Crippen MR) is 62.4 cm³/mol. The van der Waals surface area contributed by atoms with E-state index in [0.717, 1.165) is 29.8 Å².